The number of nitrogen functional groups attached to an aromatic ring is 1. The predicted molar refractivity (Wildman–Crippen MR) is 73.2 cm³/mol. The zero-order chi connectivity index (χ0) is 12.4. The van der Waals surface area contributed by atoms with Crippen LogP contribution < -0.4 is 5.73 Å². The maximum absolute atomic E-state index is 5.91. The van der Waals surface area contributed by atoms with Crippen LogP contribution in [0.25, 0.3) is 11.4 Å². The molecule has 0 bridgehead atoms. The second-order valence-corrected chi connectivity index (χ2v) is 5.71. The highest BCUT2D eigenvalue weighted by atomic mass is 32.2. The van der Waals surface area contributed by atoms with Gasteiger partial charge in [-0.15, -0.1) is 11.8 Å². The summed E-state index contributed by atoms with van der Waals surface area (Å²) >= 11 is 1.90. The summed E-state index contributed by atoms with van der Waals surface area (Å²) in [5.74, 6) is 2.50. The highest BCUT2D eigenvalue weighted by Gasteiger charge is 2.22. The van der Waals surface area contributed by atoms with E-state index in [9.17, 15) is 0 Å². The molecule has 0 aliphatic carbocycles. The van der Waals surface area contributed by atoms with E-state index in [1.54, 1.807) is 0 Å². The molecular weight excluding hydrogens is 246 g/mol. The van der Waals surface area contributed by atoms with Crippen molar-refractivity contribution >= 4 is 17.4 Å². The highest BCUT2D eigenvalue weighted by molar-refractivity contribution is 7.99. The first-order valence-electron chi connectivity index (χ1n) is 6.14. The first-order chi connectivity index (χ1) is 8.84. The fraction of sp³-hybridized carbons (Fsp3) is 0.385. The van der Waals surface area contributed by atoms with Gasteiger partial charge in [-0.1, -0.05) is 23.7 Å². The third kappa shape index (κ3) is 2.22. The molecule has 1 saturated heterocycles. The van der Waals surface area contributed by atoms with Crippen LogP contribution in [0, 0.1) is 0 Å². The molecule has 94 valence electrons. The lowest BCUT2D eigenvalue weighted by Crippen LogP contribution is -2.02. The number of aromatic nitrogens is 2. The molecule has 1 aromatic carbocycles. The van der Waals surface area contributed by atoms with Gasteiger partial charge in [0.05, 0.1) is 5.25 Å². The summed E-state index contributed by atoms with van der Waals surface area (Å²) in [6.07, 6.45) is 3.65. The first kappa shape index (κ1) is 11.6. The number of thioether (sulfide) groups is 1. The van der Waals surface area contributed by atoms with Gasteiger partial charge in [-0.3, -0.25) is 0 Å². The van der Waals surface area contributed by atoms with Crippen LogP contribution in [-0.2, 0) is 0 Å². The molecule has 5 heteroatoms. The largest absolute Gasteiger partial charge is 0.398 e. The Hall–Kier alpha value is -1.49. The third-order valence-corrected chi connectivity index (χ3v) is 4.46. The summed E-state index contributed by atoms with van der Waals surface area (Å²) in [7, 11) is 0. The molecule has 0 saturated carbocycles. The fourth-order valence-electron chi connectivity index (χ4n) is 2.11. The van der Waals surface area contributed by atoms with Gasteiger partial charge in [-0.2, -0.15) is 4.98 Å². The number of nitrogens with zero attached hydrogens (tertiary/aromatic N) is 2. The van der Waals surface area contributed by atoms with Crippen LogP contribution in [0.4, 0.5) is 5.69 Å². The number of hydrogen-bond acceptors (Lipinski definition) is 5. The van der Waals surface area contributed by atoms with Crippen LogP contribution in [0.5, 0.6) is 0 Å². The number of rotatable bonds is 2. The van der Waals surface area contributed by atoms with Gasteiger partial charge in [0.2, 0.25) is 11.7 Å². The molecular formula is C13H15N3OS. The Morgan fingerprint density at radius 3 is 2.94 bits per heavy atom. The maximum Gasteiger partial charge on any atom is 0.240 e. The van der Waals surface area contributed by atoms with Crippen LogP contribution in [0.3, 0.4) is 0 Å². The second kappa shape index (κ2) is 5.02. The van der Waals surface area contributed by atoms with Crippen molar-refractivity contribution < 1.29 is 4.52 Å². The molecule has 2 heterocycles. The summed E-state index contributed by atoms with van der Waals surface area (Å²) in [5, 5.41) is 4.39. The van der Waals surface area contributed by atoms with Gasteiger partial charge < -0.3 is 10.3 Å². The summed E-state index contributed by atoms with van der Waals surface area (Å²) in [6, 6.07) is 7.59. The van der Waals surface area contributed by atoms with Gasteiger partial charge in [0, 0.05) is 11.3 Å². The van der Waals surface area contributed by atoms with Crippen molar-refractivity contribution in [3.05, 3.63) is 30.2 Å². The molecule has 1 aliphatic heterocycles. The van der Waals surface area contributed by atoms with Crippen molar-refractivity contribution in [2.75, 3.05) is 11.5 Å². The van der Waals surface area contributed by atoms with E-state index in [0.29, 0.717) is 16.8 Å². The molecule has 18 heavy (non-hydrogen) atoms. The normalized spacial score (nSPS) is 19.9. The van der Waals surface area contributed by atoms with Crippen molar-refractivity contribution in [1.82, 2.24) is 10.1 Å². The zero-order valence-corrected chi connectivity index (χ0v) is 10.8. The van der Waals surface area contributed by atoms with Crippen molar-refractivity contribution in [1.29, 1.82) is 0 Å². The van der Waals surface area contributed by atoms with Crippen molar-refractivity contribution in [2.45, 2.75) is 24.5 Å². The van der Waals surface area contributed by atoms with E-state index >= 15 is 0 Å². The second-order valence-electron chi connectivity index (χ2n) is 4.40. The van der Waals surface area contributed by atoms with Gasteiger partial charge in [0.15, 0.2) is 0 Å². The minimum Gasteiger partial charge on any atom is -0.398 e. The van der Waals surface area contributed by atoms with E-state index in [-0.39, 0.29) is 0 Å². The third-order valence-electron chi connectivity index (χ3n) is 3.10. The fourth-order valence-corrected chi connectivity index (χ4v) is 3.34. The molecule has 4 nitrogen and oxygen atoms in total. The van der Waals surface area contributed by atoms with Crippen molar-refractivity contribution in [2.24, 2.45) is 0 Å². The number of hydrogen-bond donors (Lipinski definition) is 1. The predicted octanol–water partition coefficient (Wildman–Crippen LogP) is 3.28. The van der Waals surface area contributed by atoms with Gasteiger partial charge in [0.1, 0.15) is 0 Å². The molecule has 1 unspecified atom stereocenters. The number of para-hydroxylation sites is 1. The Kier molecular flexibility index (Phi) is 3.23. The minimum atomic E-state index is 0.352. The van der Waals surface area contributed by atoms with Crippen LogP contribution in [0.1, 0.15) is 30.4 Å². The van der Waals surface area contributed by atoms with Gasteiger partial charge >= 0.3 is 0 Å². The first-order valence-corrected chi connectivity index (χ1v) is 7.19. The molecule has 1 aromatic heterocycles. The smallest absolute Gasteiger partial charge is 0.240 e. The highest BCUT2D eigenvalue weighted by Crippen LogP contribution is 2.38. The van der Waals surface area contributed by atoms with Crippen LogP contribution in [-0.4, -0.2) is 15.9 Å². The Balaban J connectivity index is 1.87. The molecule has 0 radical (unpaired) electrons. The average molecular weight is 261 g/mol. The average Bonchev–Trinajstić information content (AvgIpc) is 2.90. The minimum absolute atomic E-state index is 0.352. The molecule has 3 rings (SSSR count). The molecule has 2 N–H and O–H groups in total. The van der Waals surface area contributed by atoms with E-state index in [1.165, 1.54) is 18.6 Å². The summed E-state index contributed by atoms with van der Waals surface area (Å²) < 4.78 is 5.38. The van der Waals surface area contributed by atoms with Crippen LogP contribution in [0.15, 0.2) is 28.8 Å². The maximum atomic E-state index is 5.91. The topological polar surface area (TPSA) is 64.9 Å². The van der Waals surface area contributed by atoms with Gasteiger partial charge in [0.25, 0.3) is 0 Å². The van der Waals surface area contributed by atoms with Crippen LogP contribution >= 0.6 is 11.8 Å². The monoisotopic (exact) mass is 261 g/mol. The number of nitrogens with two attached hydrogens (primary N) is 1. The lowest BCUT2D eigenvalue weighted by Gasteiger charge is -2.16. The molecule has 0 spiro atoms. The van der Waals surface area contributed by atoms with Crippen molar-refractivity contribution in [3.8, 4) is 11.4 Å². The standard InChI is InChI=1S/C13H15N3OS/c14-10-6-2-1-5-9(10)12-15-13(17-16-12)11-7-3-4-8-18-11/h1-2,5-6,11H,3-4,7-8,14H2. The number of benzene rings is 1. The summed E-state index contributed by atoms with van der Waals surface area (Å²) in [6.45, 7) is 0. The zero-order valence-electron chi connectivity index (χ0n) is 10.0. The molecule has 2 aromatic rings. The summed E-state index contributed by atoms with van der Waals surface area (Å²) in [5.41, 5.74) is 7.44. The lowest BCUT2D eigenvalue weighted by molar-refractivity contribution is 0.370. The van der Waals surface area contributed by atoms with E-state index in [1.807, 2.05) is 36.0 Å². The number of anilines is 1. The van der Waals surface area contributed by atoms with E-state index in [4.69, 9.17) is 10.3 Å². The van der Waals surface area contributed by atoms with E-state index in [2.05, 4.69) is 10.1 Å². The Labute approximate surface area is 110 Å². The molecule has 1 aliphatic rings. The molecule has 0 amide bonds. The Morgan fingerprint density at radius 1 is 1.28 bits per heavy atom. The Morgan fingerprint density at radius 2 is 2.17 bits per heavy atom. The van der Waals surface area contributed by atoms with Crippen LogP contribution in [0.2, 0.25) is 0 Å². The quantitative estimate of drug-likeness (QED) is 0.840. The SMILES string of the molecule is Nc1ccccc1-c1noc(C2CCCCS2)n1. The lowest BCUT2D eigenvalue weighted by atomic mass is 10.1. The van der Waals surface area contributed by atoms with Crippen molar-refractivity contribution in [3.63, 3.8) is 0 Å². The molecule has 1 fully saturated rings. The van der Waals surface area contributed by atoms with Gasteiger partial charge in [-0.25, -0.2) is 0 Å². The molecule has 1 atom stereocenters. The van der Waals surface area contributed by atoms with E-state index in [0.717, 1.165) is 17.9 Å². The summed E-state index contributed by atoms with van der Waals surface area (Å²) in [4.78, 5) is 4.49. The van der Waals surface area contributed by atoms with Gasteiger partial charge in [-0.05, 0) is 30.7 Å². The Bertz CT molecular complexity index is 535. The van der Waals surface area contributed by atoms with E-state index < -0.39 is 0 Å².